The summed E-state index contributed by atoms with van der Waals surface area (Å²) in [7, 11) is -4.76. The van der Waals surface area contributed by atoms with E-state index in [1.54, 1.807) is 0 Å². The number of hydrogen-bond acceptors (Lipinski definition) is 10. The lowest BCUT2D eigenvalue weighted by molar-refractivity contribution is -0.161. The van der Waals surface area contributed by atoms with Gasteiger partial charge in [0.25, 0.3) is 0 Å². The minimum atomic E-state index is -4.76. The number of aliphatic hydroxyl groups is 1. The van der Waals surface area contributed by atoms with Crippen LogP contribution in [0.25, 0.3) is 0 Å². The van der Waals surface area contributed by atoms with Crippen LogP contribution >= 0.6 is 7.82 Å². The highest BCUT2D eigenvalue weighted by molar-refractivity contribution is 7.47. The van der Waals surface area contributed by atoms with Gasteiger partial charge in [0.05, 0.1) is 19.8 Å². The largest absolute Gasteiger partial charge is 0.472 e. The molecule has 12 heteroatoms. The van der Waals surface area contributed by atoms with Gasteiger partial charge in [-0.25, -0.2) is 4.57 Å². The molecule has 0 spiro atoms. The number of carbonyl (C=O) groups excluding carboxylic acids is 3. The molecule has 0 saturated carbocycles. The topological polar surface area (TPSA) is 155 Å². The molecule has 0 aromatic heterocycles. The molecule has 74 heavy (non-hydrogen) atoms. The van der Waals surface area contributed by atoms with E-state index >= 15 is 0 Å². The second kappa shape index (κ2) is 55.6. The molecule has 0 bridgehead atoms. The van der Waals surface area contributed by atoms with Crippen LogP contribution in [0.4, 0.5) is 0 Å². The van der Waals surface area contributed by atoms with Crippen molar-refractivity contribution in [3.05, 3.63) is 97.2 Å². The van der Waals surface area contributed by atoms with E-state index in [0.29, 0.717) is 19.3 Å². The number of phosphoric ester groups is 1. The minimum absolute atomic E-state index is 0.122. The number of esters is 3. The second-order valence-electron chi connectivity index (χ2n) is 19.1. The van der Waals surface area contributed by atoms with Crippen LogP contribution in [0.3, 0.4) is 0 Å². The molecule has 0 amide bonds. The number of ether oxygens (including phenoxy) is 3. The zero-order chi connectivity index (χ0) is 54.1. The van der Waals surface area contributed by atoms with Crippen LogP contribution in [0, 0.1) is 0 Å². The summed E-state index contributed by atoms with van der Waals surface area (Å²) in [6, 6.07) is 0. The summed E-state index contributed by atoms with van der Waals surface area (Å²) in [5.41, 5.74) is 0. The Morgan fingerprint density at radius 1 is 0.392 bits per heavy atom. The van der Waals surface area contributed by atoms with Crippen molar-refractivity contribution in [3.63, 3.8) is 0 Å². The van der Waals surface area contributed by atoms with Gasteiger partial charge in [-0.15, -0.1) is 0 Å². The molecule has 3 atom stereocenters. The SMILES string of the molecule is CC/C=C\C/C=C\C/C=C\C/C=C\C/C=C\CCCCCC(=O)OC(COC(=O)CCCCCCC/C=C\CCCC)COP(=O)(O)OCC(CO)OC(=O)CCCCCCCCC/C=C\C/C=C\CCCCC. The fraction of sp³-hybridized carbons (Fsp3) is 0.694. The molecule has 0 aliphatic heterocycles. The summed E-state index contributed by atoms with van der Waals surface area (Å²) in [5.74, 6) is -1.53. The van der Waals surface area contributed by atoms with Crippen LogP contribution in [0.5, 0.6) is 0 Å². The maximum atomic E-state index is 12.9. The number of aliphatic hydroxyl groups excluding tert-OH is 1. The standard InChI is InChI=1S/C62H105O11P/c1-4-7-10-13-16-19-22-24-26-28-29-31-33-35-38-41-44-47-50-53-62(66)73-59(55-69-60(64)51-48-45-42-39-36-21-18-15-12-9-6-3)57-71-74(67,68)70-56-58(54-63)72-61(65)52-49-46-43-40-37-34-32-30-27-25-23-20-17-14-11-8-5-2/h7,10,15-20,24-27,29,31,35,38,58-59,63H,4-6,8-9,11-14,21-23,28,30,32-34,36-37,39-57H2,1-3H3,(H,67,68)/b10-7-,18-15-,19-16-,20-17-,26-24-,27-25-,31-29-,38-35-. The first-order chi connectivity index (χ1) is 36.2. The van der Waals surface area contributed by atoms with E-state index in [-0.39, 0.29) is 25.9 Å². The lowest BCUT2D eigenvalue weighted by atomic mass is 10.1. The molecule has 0 heterocycles. The quantitative estimate of drug-likeness (QED) is 0.0197. The number of hydrogen-bond donors (Lipinski definition) is 2. The zero-order valence-corrected chi connectivity index (χ0v) is 47.7. The van der Waals surface area contributed by atoms with Gasteiger partial charge in [0.2, 0.25) is 0 Å². The summed E-state index contributed by atoms with van der Waals surface area (Å²) < 4.78 is 39.5. The van der Waals surface area contributed by atoms with Crippen LogP contribution in [0.1, 0.15) is 239 Å². The van der Waals surface area contributed by atoms with E-state index in [4.69, 9.17) is 23.3 Å². The maximum Gasteiger partial charge on any atom is 0.472 e. The maximum absolute atomic E-state index is 12.9. The van der Waals surface area contributed by atoms with Gasteiger partial charge in [0.15, 0.2) is 6.10 Å². The molecule has 2 N–H and O–H groups in total. The van der Waals surface area contributed by atoms with Crippen molar-refractivity contribution in [2.24, 2.45) is 0 Å². The van der Waals surface area contributed by atoms with Gasteiger partial charge >= 0.3 is 25.7 Å². The molecule has 0 rings (SSSR count). The van der Waals surface area contributed by atoms with Crippen molar-refractivity contribution >= 4 is 25.7 Å². The predicted octanol–water partition coefficient (Wildman–Crippen LogP) is 17.3. The van der Waals surface area contributed by atoms with E-state index in [2.05, 4.69) is 118 Å². The Hall–Kier alpha value is -3.60. The Morgan fingerprint density at radius 3 is 1.15 bits per heavy atom. The minimum Gasteiger partial charge on any atom is -0.462 e. The second-order valence-corrected chi connectivity index (χ2v) is 20.5. The van der Waals surface area contributed by atoms with Crippen molar-refractivity contribution in [2.75, 3.05) is 26.4 Å². The van der Waals surface area contributed by atoms with Gasteiger partial charge < -0.3 is 24.2 Å². The molecule has 0 aliphatic carbocycles. The number of unbranched alkanes of at least 4 members (excludes halogenated alkanes) is 20. The molecule has 0 radical (unpaired) electrons. The van der Waals surface area contributed by atoms with Gasteiger partial charge in [0.1, 0.15) is 12.7 Å². The summed E-state index contributed by atoms with van der Waals surface area (Å²) in [6.45, 7) is 4.41. The van der Waals surface area contributed by atoms with E-state index in [1.165, 1.54) is 51.4 Å². The molecular formula is C62H105O11P. The van der Waals surface area contributed by atoms with Gasteiger partial charge in [-0.1, -0.05) is 201 Å². The normalized spacial score (nSPS) is 14.1. The van der Waals surface area contributed by atoms with Crippen molar-refractivity contribution in [1.82, 2.24) is 0 Å². The van der Waals surface area contributed by atoms with Crippen molar-refractivity contribution in [3.8, 4) is 0 Å². The third-order valence-electron chi connectivity index (χ3n) is 12.0. The van der Waals surface area contributed by atoms with Crippen LogP contribution in [0.2, 0.25) is 0 Å². The average Bonchev–Trinajstić information content (AvgIpc) is 3.39. The van der Waals surface area contributed by atoms with Crippen molar-refractivity contribution < 1.29 is 52.2 Å². The molecule has 3 unspecified atom stereocenters. The zero-order valence-electron chi connectivity index (χ0n) is 46.8. The number of allylic oxidation sites excluding steroid dienone is 16. The van der Waals surface area contributed by atoms with Crippen molar-refractivity contribution in [1.29, 1.82) is 0 Å². The molecule has 0 aromatic rings. The lowest BCUT2D eigenvalue weighted by Gasteiger charge is -2.21. The molecule has 11 nitrogen and oxygen atoms in total. The molecule has 424 valence electrons. The number of carbonyl (C=O) groups is 3. The Morgan fingerprint density at radius 2 is 0.716 bits per heavy atom. The first-order valence-electron chi connectivity index (χ1n) is 29.1. The Balaban J connectivity index is 4.75. The van der Waals surface area contributed by atoms with Gasteiger partial charge in [-0.3, -0.25) is 23.4 Å². The number of phosphoric acid groups is 1. The van der Waals surface area contributed by atoms with E-state index in [0.717, 1.165) is 128 Å². The summed E-state index contributed by atoms with van der Waals surface area (Å²) >= 11 is 0. The first kappa shape index (κ1) is 70.4. The van der Waals surface area contributed by atoms with Crippen LogP contribution in [-0.4, -0.2) is 66.5 Å². The summed E-state index contributed by atoms with van der Waals surface area (Å²) in [5, 5.41) is 9.82. The average molecular weight is 1060 g/mol. The van der Waals surface area contributed by atoms with Crippen LogP contribution in [-0.2, 0) is 42.2 Å². The molecular weight excluding hydrogens is 952 g/mol. The fourth-order valence-corrected chi connectivity index (χ4v) is 8.29. The van der Waals surface area contributed by atoms with Crippen LogP contribution in [0.15, 0.2) is 97.2 Å². The Bertz CT molecular complexity index is 1610. The Labute approximate surface area is 451 Å². The highest BCUT2D eigenvalue weighted by atomic mass is 31.2. The molecule has 0 aromatic carbocycles. The lowest BCUT2D eigenvalue weighted by Crippen LogP contribution is -2.30. The number of rotatable bonds is 53. The highest BCUT2D eigenvalue weighted by Gasteiger charge is 2.28. The monoisotopic (exact) mass is 1060 g/mol. The fourth-order valence-electron chi connectivity index (χ4n) is 7.51. The third-order valence-corrected chi connectivity index (χ3v) is 12.9. The van der Waals surface area contributed by atoms with Gasteiger partial charge in [-0.2, -0.15) is 0 Å². The smallest absolute Gasteiger partial charge is 0.462 e. The molecule has 0 fully saturated rings. The van der Waals surface area contributed by atoms with Gasteiger partial charge in [-0.05, 0) is 116 Å². The molecule has 0 aliphatic rings. The van der Waals surface area contributed by atoms with E-state index in [9.17, 15) is 28.9 Å². The summed E-state index contributed by atoms with van der Waals surface area (Å²) in [6.07, 6.45) is 65.1. The van der Waals surface area contributed by atoms with Gasteiger partial charge in [0, 0.05) is 19.3 Å². The predicted molar refractivity (Wildman–Crippen MR) is 307 cm³/mol. The first-order valence-corrected chi connectivity index (χ1v) is 30.6. The third kappa shape index (κ3) is 53.2. The van der Waals surface area contributed by atoms with Crippen molar-refractivity contribution in [2.45, 2.75) is 251 Å². The van der Waals surface area contributed by atoms with E-state index in [1.807, 2.05) is 0 Å². The molecule has 0 saturated heterocycles. The highest BCUT2D eigenvalue weighted by Crippen LogP contribution is 2.43. The van der Waals surface area contributed by atoms with Crippen LogP contribution < -0.4 is 0 Å². The summed E-state index contributed by atoms with van der Waals surface area (Å²) in [4.78, 5) is 48.5. The van der Waals surface area contributed by atoms with E-state index < -0.39 is 57.8 Å². The Kier molecular flexibility index (Phi) is 52.9.